The van der Waals surface area contributed by atoms with E-state index in [0.717, 1.165) is 21.7 Å². The molecule has 3 rings (SSSR count). The van der Waals surface area contributed by atoms with Crippen molar-refractivity contribution in [3.63, 3.8) is 0 Å². The van der Waals surface area contributed by atoms with Crippen molar-refractivity contribution in [2.75, 3.05) is 13.7 Å². The lowest BCUT2D eigenvalue weighted by atomic mass is 10.2. The van der Waals surface area contributed by atoms with Crippen LogP contribution in [0, 0.1) is 5.82 Å². The zero-order chi connectivity index (χ0) is 16.1. The number of hydrogen-bond acceptors (Lipinski definition) is 3. The molecule has 0 aliphatic carbocycles. The highest BCUT2D eigenvalue weighted by molar-refractivity contribution is 7.07. The van der Waals surface area contributed by atoms with Crippen LogP contribution in [-0.4, -0.2) is 18.3 Å². The molecule has 0 saturated heterocycles. The summed E-state index contributed by atoms with van der Waals surface area (Å²) in [6.45, 7) is 1.32. The average Bonchev–Trinajstić information content (AvgIpc) is 2.98. The van der Waals surface area contributed by atoms with Gasteiger partial charge < -0.3 is 9.30 Å². The molecule has 0 radical (unpaired) electrons. The number of thiazole rings is 1. The smallest absolute Gasteiger partial charge is 0.190 e. The van der Waals surface area contributed by atoms with Crippen LogP contribution in [0.2, 0.25) is 0 Å². The number of halogens is 1. The molecule has 0 amide bonds. The molecule has 0 fully saturated rings. The van der Waals surface area contributed by atoms with Gasteiger partial charge in [0.25, 0.3) is 0 Å². The fraction of sp³-hybridized carbons (Fsp3) is 0.167. The Morgan fingerprint density at radius 3 is 2.52 bits per heavy atom. The molecule has 1 aromatic heterocycles. The molecule has 0 N–H and O–H groups in total. The second-order valence-electron chi connectivity index (χ2n) is 5.00. The maximum atomic E-state index is 13.0. The van der Waals surface area contributed by atoms with Gasteiger partial charge in [0.1, 0.15) is 5.82 Å². The minimum Gasteiger partial charge on any atom is -0.383 e. The van der Waals surface area contributed by atoms with Crippen molar-refractivity contribution in [2.45, 2.75) is 6.54 Å². The largest absolute Gasteiger partial charge is 0.383 e. The van der Waals surface area contributed by atoms with Crippen LogP contribution >= 0.6 is 11.3 Å². The Bertz CT molecular complexity index is 822. The molecule has 0 bridgehead atoms. The molecule has 3 aromatic rings. The zero-order valence-corrected chi connectivity index (χ0v) is 13.6. The van der Waals surface area contributed by atoms with Crippen molar-refractivity contribution in [3.8, 4) is 11.3 Å². The van der Waals surface area contributed by atoms with Crippen LogP contribution < -0.4 is 4.80 Å². The van der Waals surface area contributed by atoms with E-state index < -0.39 is 0 Å². The molecule has 118 valence electrons. The molecule has 1 heterocycles. The lowest BCUT2D eigenvalue weighted by Gasteiger charge is -2.08. The standard InChI is InChI=1S/C18H17FN2OS/c1-22-12-11-21-17(14-5-3-2-4-6-14)13-23-18(21)20-16-9-7-15(19)8-10-16/h2-10,13H,11-12H2,1H3. The minimum absolute atomic E-state index is 0.257. The first kappa shape index (κ1) is 15.6. The van der Waals surface area contributed by atoms with Crippen LogP contribution in [0.1, 0.15) is 0 Å². The fourth-order valence-electron chi connectivity index (χ4n) is 2.28. The van der Waals surface area contributed by atoms with Gasteiger partial charge >= 0.3 is 0 Å². The van der Waals surface area contributed by atoms with Gasteiger partial charge in [-0.3, -0.25) is 0 Å². The van der Waals surface area contributed by atoms with Crippen LogP contribution in [0.3, 0.4) is 0 Å². The van der Waals surface area contributed by atoms with Crippen LogP contribution in [0.15, 0.2) is 65.0 Å². The molecule has 0 aliphatic rings. The summed E-state index contributed by atoms with van der Waals surface area (Å²) in [5, 5.41) is 2.09. The predicted octanol–water partition coefficient (Wildman–Crippen LogP) is 4.23. The number of ether oxygens (including phenoxy) is 1. The highest BCUT2D eigenvalue weighted by Gasteiger charge is 2.07. The monoisotopic (exact) mass is 328 g/mol. The number of hydrogen-bond donors (Lipinski definition) is 0. The van der Waals surface area contributed by atoms with E-state index in [1.807, 2.05) is 18.2 Å². The van der Waals surface area contributed by atoms with Gasteiger partial charge in [0.15, 0.2) is 4.80 Å². The maximum absolute atomic E-state index is 13.0. The van der Waals surface area contributed by atoms with Crippen molar-refractivity contribution in [2.24, 2.45) is 4.99 Å². The summed E-state index contributed by atoms with van der Waals surface area (Å²) >= 11 is 1.57. The highest BCUT2D eigenvalue weighted by atomic mass is 32.1. The van der Waals surface area contributed by atoms with Gasteiger partial charge in [-0.05, 0) is 29.8 Å². The Labute approximate surface area is 138 Å². The Hall–Kier alpha value is -2.24. The van der Waals surface area contributed by atoms with Crippen LogP contribution in [0.25, 0.3) is 11.3 Å². The molecular formula is C18H17FN2OS. The number of benzene rings is 2. The lowest BCUT2D eigenvalue weighted by Crippen LogP contribution is -2.18. The van der Waals surface area contributed by atoms with E-state index in [1.54, 1.807) is 30.6 Å². The van der Waals surface area contributed by atoms with Crippen molar-refractivity contribution in [1.82, 2.24) is 4.57 Å². The Morgan fingerprint density at radius 2 is 1.83 bits per heavy atom. The summed E-state index contributed by atoms with van der Waals surface area (Å²) in [6, 6.07) is 16.4. The third-order valence-corrected chi connectivity index (χ3v) is 4.30. The number of methoxy groups -OCH3 is 1. The fourth-order valence-corrected chi connectivity index (χ4v) is 3.24. The van der Waals surface area contributed by atoms with Gasteiger partial charge in [-0.1, -0.05) is 30.3 Å². The van der Waals surface area contributed by atoms with E-state index >= 15 is 0 Å². The first-order valence-electron chi connectivity index (χ1n) is 7.31. The molecule has 3 nitrogen and oxygen atoms in total. The third-order valence-electron chi connectivity index (χ3n) is 3.44. The summed E-state index contributed by atoms with van der Waals surface area (Å²) in [5.41, 5.74) is 2.98. The SMILES string of the molecule is COCCn1c(-c2ccccc2)csc1=Nc1ccc(F)cc1. The summed E-state index contributed by atoms with van der Waals surface area (Å²) in [5.74, 6) is -0.257. The topological polar surface area (TPSA) is 26.5 Å². The first-order chi connectivity index (χ1) is 11.3. The summed E-state index contributed by atoms with van der Waals surface area (Å²) in [6.07, 6.45) is 0. The van der Waals surface area contributed by atoms with E-state index in [1.165, 1.54) is 12.1 Å². The van der Waals surface area contributed by atoms with Gasteiger partial charge in [0.05, 0.1) is 18.0 Å². The van der Waals surface area contributed by atoms with Crippen molar-refractivity contribution in [1.29, 1.82) is 0 Å². The minimum atomic E-state index is -0.257. The predicted molar refractivity (Wildman–Crippen MR) is 91.2 cm³/mol. The van der Waals surface area contributed by atoms with Crippen molar-refractivity contribution in [3.05, 3.63) is 70.6 Å². The normalized spacial score (nSPS) is 11.8. The van der Waals surface area contributed by atoms with Crippen molar-refractivity contribution >= 4 is 17.0 Å². The first-order valence-corrected chi connectivity index (χ1v) is 8.19. The van der Waals surface area contributed by atoms with Crippen LogP contribution in [0.4, 0.5) is 10.1 Å². The van der Waals surface area contributed by atoms with Gasteiger partial charge in [0, 0.05) is 19.0 Å². The summed E-state index contributed by atoms with van der Waals surface area (Å²) in [7, 11) is 1.69. The van der Waals surface area contributed by atoms with E-state index in [-0.39, 0.29) is 5.82 Å². The Morgan fingerprint density at radius 1 is 1.09 bits per heavy atom. The van der Waals surface area contributed by atoms with E-state index in [4.69, 9.17) is 4.74 Å². The van der Waals surface area contributed by atoms with Crippen LogP contribution in [0.5, 0.6) is 0 Å². The number of rotatable bonds is 5. The molecule has 5 heteroatoms. The Kier molecular flexibility index (Phi) is 5.00. The molecule has 23 heavy (non-hydrogen) atoms. The average molecular weight is 328 g/mol. The van der Waals surface area contributed by atoms with Crippen molar-refractivity contribution < 1.29 is 9.13 Å². The third kappa shape index (κ3) is 3.75. The highest BCUT2D eigenvalue weighted by Crippen LogP contribution is 2.20. The van der Waals surface area contributed by atoms with E-state index in [2.05, 4.69) is 27.1 Å². The van der Waals surface area contributed by atoms with E-state index in [9.17, 15) is 4.39 Å². The molecule has 2 aromatic carbocycles. The molecule has 0 unspecified atom stereocenters. The molecule has 0 saturated carbocycles. The quantitative estimate of drug-likeness (QED) is 0.688. The second kappa shape index (κ2) is 7.35. The summed E-state index contributed by atoms with van der Waals surface area (Å²) < 4.78 is 20.4. The van der Waals surface area contributed by atoms with Gasteiger partial charge in [-0.15, -0.1) is 11.3 Å². The maximum Gasteiger partial charge on any atom is 0.190 e. The van der Waals surface area contributed by atoms with Gasteiger partial charge in [-0.25, -0.2) is 9.38 Å². The summed E-state index contributed by atoms with van der Waals surface area (Å²) in [4.78, 5) is 5.51. The van der Waals surface area contributed by atoms with Gasteiger partial charge in [-0.2, -0.15) is 0 Å². The number of nitrogens with zero attached hydrogens (tertiary/aromatic N) is 2. The lowest BCUT2D eigenvalue weighted by molar-refractivity contribution is 0.187. The van der Waals surface area contributed by atoms with Gasteiger partial charge in [0.2, 0.25) is 0 Å². The zero-order valence-electron chi connectivity index (χ0n) is 12.8. The molecule has 0 spiro atoms. The molecule has 0 aliphatic heterocycles. The molecular weight excluding hydrogens is 311 g/mol. The second-order valence-corrected chi connectivity index (χ2v) is 5.84. The molecule has 0 atom stereocenters. The Balaban J connectivity index is 2.06. The van der Waals surface area contributed by atoms with E-state index in [0.29, 0.717) is 13.2 Å². The number of aromatic nitrogens is 1. The van der Waals surface area contributed by atoms with Crippen LogP contribution in [-0.2, 0) is 11.3 Å².